The Balaban J connectivity index is 3.27. The molecule has 1 rings (SSSR count). The van der Waals surface area contributed by atoms with Gasteiger partial charge >= 0.3 is 0 Å². The quantitative estimate of drug-likeness (QED) is 0.478. The maximum absolute atomic E-state index is 10.7. The van der Waals surface area contributed by atoms with Crippen molar-refractivity contribution in [1.29, 1.82) is 0 Å². The minimum atomic E-state index is -0.839. The number of nitro groups is 1. The number of amides is 1. The molecular weight excluding hydrogens is 176 g/mol. The fourth-order valence-electron chi connectivity index (χ4n) is 0.762. The molecule has 0 aliphatic carbocycles. The molecule has 0 aliphatic rings. The van der Waals surface area contributed by atoms with Gasteiger partial charge in [0.1, 0.15) is 12.0 Å². The van der Waals surface area contributed by atoms with Crippen molar-refractivity contribution in [2.75, 3.05) is 5.73 Å². The Labute approximate surface area is 72.5 Å². The van der Waals surface area contributed by atoms with Crippen molar-refractivity contribution in [3.63, 3.8) is 0 Å². The lowest BCUT2D eigenvalue weighted by molar-refractivity contribution is -0.385. The Morgan fingerprint density at radius 3 is 2.69 bits per heavy atom. The van der Waals surface area contributed by atoms with Crippen LogP contribution in [0.2, 0.25) is 0 Å². The van der Waals surface area contributed by atoms with Gasteiger partial charge in [0.25, 0.3) is 11.6 Å². The summed E-state index contributed by atoms with van der Waals surface area (Å²) < 4.78 is 0. The van der Waals surface area contributed by atoms with Gasteiger partial charge in [0, 0.05) is 6.07 Å². The monoisotopic (exact) mass is 182 g/mol. The summed E-state index contributed by atoms with van der Waals surface area (Å²) in [7, 11) is 0. The van der Waals surface area contributed by atoms with Gasteiger partial charge in [-0.25, -0.2) is 4.98 Å². The van der Waals surface area contributed by atoms with Crippen LogP contribution in [0.25, 0.3) is 0 Å². The second-order valence-corrected chi connectivity index (χ2v) is 2.25. The van der Waals surface area contributed by atoms with E-state index in [1.54, 1.807) is 0 Å². The number of primary amides is 1. The number of carbonyl (C=O) groups is 1. The van der Waals surface area contributed by atoms with Gasteiger partial charge < -0.3 is 11.5 Å². The lowest BCUT2D eigenvalue weighted by Crippen LogP contribution is -2.14. The smallest absolute Gasteiger partial charge is 0.288 e. The predicted octanol–water partition coefficient (Wildman–Crippen LogP) is -0.329. The second-order valence-electron chi connectivity index (χ2n) is 2.25. The summed E-state index contributed by atoms with van der Waals surface area (Å²) in [5.74, 6) is -0.952. The molecular formula is C6H6N4O3. The van der Waals surface area contributed by atoms with Crippen LogP contribution in [0, 0.1) is 10.1 Å². The van der Waals surface area contributed by atoms with Crippen molar-refractivity contribution in [3.05, 3.63) is 27.9 Å². The third-order valence-corrected chi connectivity index (χ3v) is 1.38. The van der Waals surface area contributed by atoms with Crippen LogP contribution >= 0.6 is 0 Å². The van der Waals surface area contributed by atoms with Crippen LogP contribution in [0.4, 0.5) is 11.5 Å². The average molecular weight is 182 g/mol. The van der Waals surface area contributed by atoms with E-state index in [9.17, 15) is 14.9 Å². The number of carbonyl (C=O) groups excluding carboxylic acids is 1. The first kappa shape index (κ1) is 8.91. The Kier molecular flexibility index (Phi) is 2.09. The molecule has 0 fully saturated rings. The van der Waals surface area contributed by atoms with E-state index in [4.69, 9.17) is 11.5 Å². The maximum Gasteiger partial charge on any atom is 0.288 e. The Bertz CT molecular complexity index is 376. The molecule has 7 nitrogen and oxygen atoms in total. The number of nitrogens with two attached hydrogens (primary N) is 2. The summed E-state index contributed by atoms with van der Waals surface area (Å²) in [6, 6.07) is 0.991. The molecule has 0 radical (unpaired) electrons. The summed E-state index contributed by atoms with van der Waals surface area (Å²) >= 11 is 0. The van der Waals surface area contributed by atoms with Crippen LogP contribution in [0.3, 0.4) is 0 Å². The highest BCUT2D eigenvalue weighted by molar-refractivity contribution is 5.97. The van der Waals surface area contributed by atoms with E-state index >= 15 is 0 Å². The number of pyridine rings is 1. The van der Waals surface area contributed by atoms with Crippen molar-refractivity contribution in [3.8, 4) is 0 Å². The molecule has 0 atom stereocenters. The van der Waals surface area contributed by atoms with E-state index < -0.39 is 10.8 Å². The van der Waals surface area contributed by atoms with Crippen LogP contribution in [0.1, 0.15) is 10.4 Å². The lowest BCUT2D eigenvalue weighted by atomic mass is 10.2. The first-order valence-corrected chi connectivity index (χ1v) is 3.22. The van der Waals surface area contributed by atoms with Gasteiger partial charge in [0.15, 0.2) is 0 Å². The van der Waals surface area contributed by atoms with E-state index in [0.717, 1.165) is 12.3 Å². The topological polar surface area (TPSA) is 125 Å². The molecule has 0 spiro atoms. The van der Waals surface area contributed by atoms with Gasteiger partial charge in [-0.3, -0.25) is 14.9 Å². The molecule has 7 heteroatoms. The van der Waals surface area contributed by atoms with Crippen molar-refractivity contribution in [2.24, 2.45) is 5.73 Å². The number of hydrogen-bond donors (Lipinski definition) is 2. The van der Waals surface area contributed by atoms with Crippen LogP contribution in [-0.4, -0.2) is 15.8 Å². The van der Waals surface area contributed by atoms with Crippen molar-refractivity contribution >= 4 is 17.4 Å². The number of rotatable bonds is 2. The highest BCUT2D eigenvalue weighted by Gasteiger charge is 2.13. The number of nitrogen functional groups attached to an aromatic ring is 1. The molecule has 0 saturated carbocycles. The van der Waals surface area contributed by atoms with E-state index in [-0.39, 0.29) is 17.1 Å². The van der Waals surface area contributed by atoms with E-state index in [2.05, 4.69) is 4.98 Å². The Hall–Kier alpha value is -2.18. The molecule has 0 saturated heterocycles. The Morgan fingerprint density at radius 1 is 1.62 bits per heavy atom. The molecule has 13 heavy (non-hydrogen) atoms. The summed E-state index contributed by atoms with van der Waals surface area (Å²) in [4.78, 5) is 23.7. The number of anilines is 1. The zero-order valence-corrected chi connectivity index (χ0v) is 6.43. The van der Waals surface area contributed by atoms with Gasteiger partial charge in [-0.2, -0.15) is 0 Å². The fourth-order valence-corrected chi connectivity index (χ4v) is 0.762. The molecule has 1 aromatic heterocycles. The van der Waals surface area contributed by atoms with Gasteiger partial charge in [-0.05, 0) is 0 Å². The fraction of sp³-hybridized carbons (Fsp3) is 0. The standard InChI is InChI=1S/C6H6N4O3/c7-5-4(6(8)11)1-3(2-9-5)10(12)13/h1-2H,(H2,7,9)(H2,8,11). The second kappa shape index (κ2) is 3.05. The van der Waals surface area contributed by atoms with Crippen LogP contribution in [0.15, 0.2) is 12.3 Å². The minimum Gasteiger partial charge on any atom is -0.383 e. The molecule has 0 aliphatic heterocycles. The van der Waals surface area contributed by atoms with E-state index in [1.165, 1.54) is 0 Å². The van der Waals surface area contributed by atoms with Gasteiger partial charge in [-0.15, -0.1) is 0 Å². The molecule has 4 N–H and O–H groups in total. The third kappa shape index (κ3) is 1.70. The summed E-state index contributed by atoms with van der Waals surface area (Å²) in [5, 5.41) is 10.3. The highest BCUT2D eigenvalue weighted by atomic mass is 16.6. The largest absolute Gasteiger partial charge is 0.383 e. The average Bonchev–Trinajstić information content (AvgIpc) is 2.04. The van der Waals surface area contributed by atoms with Gasteiger partial charge in [-0.1, -0.05) is 0 Å². The molecule has 0 aromatic carbocycles. The van der Waals surface area contributed by atoms with Gasteiger partial charge in [0.05, 0.1) is 10.5 Å². The Morgan fingerprint density at radius 2 is 2.23 bits per heavy atom. The van der Waals surface area contributed by atoms with E-state index in [1.807, 2.05) is 0 Å². The molecule has 68 valence electrons. The number of nitrogens with zero attached hydrogens (tertiary/aromatic N) is 2. The molecule has 1 amide bonds. The zero-order chi connectivity index (χ0) is 10.0. The first-order chi connectivity index (χ1) is 6.02. The minimum absolute atomic E-state index is 0.113. The number of aromatic nitrogens is 1. The van der Waals surface area contributed by atoms with Gasteiger partial charge in [0.2, 0.25) is 0 Å². The van der Waals surface area contributed by atoms with Crippen LogP contribution < -0.4 is 11.5 Å². The van der Waals surface area contributed by atoms with E-state index in [0.29, 0.717) is 0 Å². The lowest BCUT2D eigenvalue weighted by Gasteiger charge is -1.98. The normalized spacial score (nSPS) is 9.54. The van der Waals surface area contributed by atoms with Crippen molar-refractivity contribution < 1.29 is 9.72 Å². The highest BCUT2D eigenvalue weighted by Crippen LogP contribution is 2.15. The van der Waals surface area contributed by atoms with Crippen molar-refractivity contribution in [1.82, 2.24) is 4.98 Å². The molecule has 1 aromatic rings. The molecule has 1 heterocycles. The molecule has 0 bridgehead atoms. The first-order valence-electron chi connectivity index (χ1n) is 3.22. The maximum atomic E-state index is 10.7. The SMILES string of the molecule is NC(=O)c1cc([N+](=O)[O-])cnc1N. The van der Waals surface area contributed by atoms with Crippen molar-refractivity contribution in [2.45, 2.75) is 0 Å². The number of hydrogen-bond acceptors (Lipinski definition) is 5. The molecule has 0 unspecified atom stereocenters. The zero-order valence-electron chi connectivity index (χ0n) is 6.43. The summed E-state index contributed by atoms with van der Waals surface area (Å²) in [5.41, 5.74) is 9.70. The third-order valence-electron chi connectivity index (χ3n) is 1.38. The van der Waals surface area contributed by atoms with Crippen LogP contribution in [-0.2, 0) is 0 Å². The summed E-state index contributed by atoms with van der Waals surface area (Å²) in [6.07, 6.45) is 0.960. The van der Waals surface area contributed by atoms with Crippen LogP contribution in [0.5, 0.6) is 0 Å². The summed E-state index contributed by atoms with van der Waals surface area (Å²) in [6.45, 7) is 0. The predicted molar refractivity (Wildman–Crippen MR) is 43.8 cm³/mol.